The SMILES string of the molecule is CCCNCCCNCC1OCCc2ccccc21. The van der Waals surface area contributed by atoms with Crippen molar-refractivity contribution < 1.29 is 4.74 Å². The van der Waals surface area contributed by atoms with Crippen molar-refractivity contribution in [2.45, 2.75) is 32.3 Å². The molecular weight excluding hydrogens is 236 g/mol. The van der Waals surface area contributed by atoms with Crippen LogP contribution in [0.4, 0.5) is 0 Å². The van der Waals surface area contributed by atoms with Crippen molar-refractivity contribution in [1.29, 1.82) is 0 Å². The Hall–Kier alpha value is -0.900. The maximum atomic E-state index is 5.87. The average Bonchev–Trinajstić information content (AvgIpc) is 2.46. The van der Waals surface area contributed by atoms with E-state index in [1.54, 1.807) is 0 Å². The number of hydrogen-bond donors (Lipinski definition) is 2. The third-order valence-corrected chi connectivity index (χ3v) is 3.56. The summed E-state index contributed by atoms with van der Waals surface area (Å²) in [5.74, 6) is 0. The second kappa shape index (κ2) is 8.31. The zero-order chi connectivity index (χ0) is 13.3. The smallest absolute Gasteiger partial charge is 0.0952 e. The molecular formula is C16H26N2O. The van der Waals surface area contributed by atoms with Crippen LogP contribution in [0.2, 0.25) is 0 Å². The molecule has 0 fully saturated rings. The first kappa shape index (κ1) is 14.5. The minimum absolute atomic E-state index is 0.230. The molecule has 2 N–H and O–H groups in total. The van der Waals surface area contributed by atoms with Gasteiger partial charge in [-0.05, 0) is 50.0 Å². The van der Waals surface area contributed by atoms with E-state index in [0.717, 1.165) is 39.2 Å². The molecule has 1 aromatic rings. The summed E-state index contributed by atoms with van der Waals surface area (Å²) in [6, 6.07) is 8.65. The van der Waals surface area contributed by atoms with Crippen LogP contribution < -0.4 is 10.6 Å². The minimum atomic E-state index is 0.230. The highest BCUT2D eigenvalue weighted by Crippen LogP contribution is 2.25. The fourth-order valence-electron chi connectivity index (χ4n) is 2.52. The molecule has 0 amide bonds. The van der Waals surface area contributed by atoms with Crippen molar-refractivity contribution >= 4 is 0 Å². The van der Waals surface area contributed by atoms with Gasteiger partial charge in [0.1, 0.15) is 0 Å². The van der Waals surface area contributed by atoms with Gasteiger partial charge in [-0.15, -0.1) is 0 Å². The van der Waals surface area contributed by atoms with E-state index in [1.807, 2.05) is 0 Å². The summed E-state index contributed by atoms with van der Waals surface area (Å²) < 4.78 is 5.87. The summed E-state index contributed by atoms with van der Waals surface area (Å²) in [6.45, 7) is 7.25. The average molecular weight is 262 g/mol. The van der Waals surface area contributed by atoms with Crippen LogP contribution in [0.3, 0.4) is 0 Å². The van der Waals surface area contributed by atoms with Crippen molar-refractivity contribution in [3.8, 4) is 0 Å². The molecule has 1 aromatic carbocycles. The van der Waals surface area contributed by atoms with Gasteiger partial charge in [-0.25, -0.2) is 0 Å². The Labute approximate surface area is 116 Å². The van der Waals surface area contributed by atoms with E-state index >= 15 is 0 Å². The van der Waals surface area contributed by atoms with Gasteiger partial charge in [-0.3, -0.25) is 0 Å². The number of fused-ring (bicyclic) bond motifs is 1. The second-order valence-electron chi connectivity index (χ2n) is 5.12. The van der Waals surface area contributed by atoms with Crippen molar-refractivity contribution in [1.82, 2.24) is 10.6 Å². The van der Waals surface area contributed by atoms with E-state index in [1.165, 1.54) is 24.0 Å². The predicted octanol–water partition coefficient (Wildman–Crippen LogP) is 2.28. The molecule has 106 valence electrons. The lowest BCUT2D eigenvalue weighted by Gasteiger charge is -2.26. The molecule has 19 heavy (non-hydrogen) atoms. The molecule has 0 bridgehead atoms. The molecule has 0 aromatic heterocycles. The summed E-state index contributed by atoms with van der Waals surface area (Å²) in [5, 5.41) is 6.93. The maximum absolute atomic E-state index is 5.87. The van der Waals surface area contributed by atoms with Gasteiger partial charge < -0.3 is 15.4 Å². The maximum Gasteiger partial charge on any atom is 0.0952 e. The summed E-state index contributed by atoms with van der Waals surface area (Å²) in [5.41, 5.74) is 2.82. The molecule has 3 nitrogen and oxygen atoms in total. The van der Waals surface area contributed by atoms with Crippen molar-refractivity contribution in [2.75, 3.05) is 32.8 Å². The quantitative estimate of drug-likeness (QED) is 0.705. The molecule has 0 saturated carbocycles. The summed E-state index contributed by atoms with van der Waals surface area (Å²) in [7, 11) is 0. The van der Waals surface area contributed by atoms with Gasteiger partial charge in [-0.1, -0.05) is 31.2 Å². The Kier molecular flexibility index (Phi) is 6.34. The lowest BCUT2D eigenvalue weighted by atomic mass is 9.97. The highest BCUT2D eigenvalue weighted by molar-refractivity contribution is 5.31. The van der Waals surface area contributed by atoms with Crippen molar-refractivity contribution in [3.63, 3.8) is 0 Å². The van der Waals surface area contributed by atoms with Gasteiger partial charge in [0.05, 0.1) is 12.7 Å². The Bertz CT molecular complexity index is 368. The molecule has 0 saturated heterocycles. The first-order chi connectivity index (χ1) is 9.42. The second-order valence-corrected chi connectivity index (χ2v) is 5.12. The van der Waals surface area contributed by atoms with E-state index in [0.29, 0.717) is 0 Å². The van der Waals surface area contributed by atoms with E-state index in [9.17, 15) is 0 Å². The van der Waals surface area contributed by atoms with Crippen LogP contribution in [0, 0.1) is 0 Å². The first-order valence-electron chi connectivity index (χ1n) is 7.52. The normalized spacial score (nSPS) is 18.3. The number of rotatable bonds is 8. The molecule has 0 radical (unpaired) electrons. The van der Waals surface area contributed by atoms with Gasteiger partial charge in [0.25, 0.3) is 0 Å². The fraction of sp³-hybridized carbons (Fsp3) is 0.625. The van der Waals surface area contributed by atoms with E-state index in [4.69, 9.17) is 4.74 Å². The number of benzene rings is 1. The van der Waals surface area contributed by atoms with Crippen molar-refractivity contribution in [3.05, 3.63) is 35.4 Å². The molecule has 0 aliphatic carbocycles. The molecule has 3 heteroatoms. The van der Waals surface area contributed by atoms with Gasteiger partial charge in [0.2, 0.25) is 0 Å². The Balaban J connectivity index is 1.67. The highest BCUT2D eigenvalue weighted by atomic mass is 16.5. The number of hydrogen-bond acceptors (Lipinski definition) is 3. The molecule has 1 unspecified atom stereocenters. The van der Waals surface area contributed by atoms with Gasteiger partial charge in [-0.2, -0.15) is 0 Å². The van der Waals surface area contributed by atoms with Crippen LogP contribution in [0.15, 0.2) is 24.3 Å². The monoisotopic (exact) mass is 262 g/mol. The van der Waals surface area contributed by atoms with Crippen molar-refractivity contribution in [2.24, 2.45) is 0 Å². The zero-order valence-electron chi connectivity index (χ0n) is 12.0. The lowest BCUT2D eigenvalue weighted by Crippen LogP contribution is -2.29. The van der Waals surface area contributed by atoms with Crippen LogP contribution >= 0.6 is 0 Å². The highest BCUT2D eigenvalue weighted by Gasteiger charge is 2.19. The van der Waals surface area contributed by atoms with Crippen LogP contribution in [0.5, 0.6) is 0 Å². The Morgan fingerprint density at radius 1 is 1.16 bits per heavy atom. The fourth-order valence-corrected chi connectivity index (χ4v) is 2.52. The Morgan fingerprint density at radius 2 is 2.00 bits per heavy atom. The van der Waals surface area contributed by atoms with E-state index in [-0.39, 0.29) is 6.10 Å². The van der Waals surface area contributed by atoms with Crippen LogP contribution in [-0.4, -0.2) is 32.8 Å². The molecule has 1 aliphatic rings. The number of nitrogens with one attached hydrogen (secondary N) is 2. The molecule has 2 rings (SSSR count). The Morgan fingerprint density at radius 3 is 2.89 bits per heavy atom. The van der Waals surface area contributed by atoms with Crippen LogP contribution in [0.1, 0.15) is 37.0 Å². The minimum Gasteiger partial charge on any atom is -0.372 e. The summed E-state index contributed by atoms with van der Waals surface area (Å²) in [4.78, 5) is 0. The van der Waals surface area contributed by atoms with Crippen LogP contribution in [0.25, 0.3) is 0 Å². The zero-order valence-corrected chi connectivity index (χ0v) is 12.0. The topological polar surface area (TPSA) is 33.3 Å². The molecule has 0 spiro atoms. The largest absolute Gasteiger partial charge is 0.372 e. The van der Waals surface area contributed by atoms with E-state index < -0.39 is 0 Å². The van der Waals surface area contributed by atoms with Crippen LogP contribution in [-0.2, 0) is 11.2 Å². The third-order valence-electron chi connectivity index (χ3n) is 3.56. The molecule has 1 heterocycles. The standard InChI is InChI=1S/C16H26N2O/c1-2-9-17-10-5-11-18-13-16-15-7-4-3-6-14(15)8-12-19-16/h3-4,6-7,16-18H,2,5,8-13H2,1H3. The van der Waals surface area contributed by atoms with Gasteiger partial charge in [0.15, 0.2) is 0 Å². The van der Waals surface area contributed by atoms with E-state index in [2.05, 4.69) is 41.8 Å². The van der Waals surface area contributed by atoms with Gasteiger partial charge in [0, 0.05) is 6.54 Å². The summed E-state index contributed by atoms with van der Waals surface area (Å²) in [6.07, 6.45) is 3.66. The molecule has 1 atom stereocenters. The summed E-state index contributed by atoms with van der Waals surface area (Å²) >= 11 is 0. The third kappa shape index (κ3) is 4.60. The van der Waals surface area contributed by atoms with Gasteiger partial charge >= 0.3 is 0 Å². The first-order valence-corrected chi connectivity index (χ1v) is 7.52. The lowest BCUT2D eigenvalue weighted by molar-refractivity contribution is 0.0426. The number of ether oxygens (including phenoxy) is 1. The predicted molar refractivity (Wildman–Crippen MR) is 79.5 cm³/mol. The molecule has 1 aliphatic heterocycles.